The summed E-state index contributed by atoms with van der Waals surface area (Å²) < 4.78 is 0. The lowest BCUT2D eigenvalue weighted by Gasteiger charge is -2.29. The minimum Gasteiger partial charge on any atom is -0.310 e. The van der Waals surface area contributed by atoms with Gasteiger partial charge in [0.2, 0.25) is 0 Å². The number of rotatable bonds is 2. The van der Waals surface area contributed by atoms with Gasteiger partial charge in [-0.25, -0.2) is 4.98 Å². The summed E-state index contributed by atoms with van der Waals surface area (Å²) >= 11 is 3.91. The minimum absolute atomic E-state index is 0.0338. The van der Waals surface area contributed by atoms with E-state index < -0.39 is 0 Å². The molecule has 1 aromatic heterocycles. The quantitative estimate of drug-likeness (QED) is 0.882. The van der Waals surface area contributed by atoms with Crippen molar-refractivity contribution in [3.05, 3.63) is 27.9 Å². The van der Waals surface area contributed by atoms with Gasteiger partial charge in [0.15, 0.2) is 0 Å². The summed E-state index contributed by atoms with van der Waals surface area (Å²) in [5, 5.41) is 0.917. The summed E-state index contributed by atoms with van der Waals surface area (Å²) in [7, 11) is 0. The number of aromatic nitrogens is 2. The van der Waals surface area contributed by atoms with E-state index in [-0.39, 0.29) is 5.56 Å². The second-order valence-electron chi connectivity index (χ2n) is 3.88. The van der Waals surface area contributed by atoms with Gasteiger partial charge in [0.1, 0.15) is 5.82 Å². The first kappa shape index (κ1) is 12.0. The average Bonchev–Trinajstić information content (AvgIpc) is 2.27. The molecule has 3 nitrogen and oxygen atoms in total. The molecule has 1 aliphatic heterocycles. The molecule has 1 N–H and O–H groups in total. The van der Waals surface area contributed by atoms with Crippen LogP contribution in [0.25, 0.3) is 0 Å². The van der Waals surface area contributed by atoms with Crippen LogP contribution in [0.5, 0.6) is 0 Å². The van der Waals surface area contributed by atoms with Crippen LogP contribution in [-0.4, -0.2) is 26.7 Å². The van der Waals surface area contributed by atoms with Crippen molar-refractivity contribution in [3.8, 4) is 0 Å². The Morgan fingerprint density at radius 1 is 1.50 bits per heavy atom. The van der Waals surface area contributed by atoms with Crippen molar-refractivity contribution in [2.45, 2.75) is 30.8 Å². The molecule has 16 heavy (non-hydrogen) atoms. The Morgan fingerprint density at radius 3 is 2.94 bits per heavy atom. The predicted octanol–water partition coefficient (Wildman–Crippen LogP) is 2.38. The molecule has 88 valence electrons. The van der Waals surface area contributed by atoms with Gasteiger partial charge in [-0.15, -0.1) is 11.8 Å². The van der Waals surface area contributed by atoms with Crippen LogP contribution in [0, 0.1) is 6.92 Å². The molecule has 1 aromatic rings. The maximum Gasteiger partial charge on any atom is 0.251 e. The summed E-state index contributed by atoms with van der Waals surface area (Å²) in [6.45, 7) is 4.07. The van der Waals surface area contributed by atoms with E-state index in [1.807, 2.05) is 30.4 Å². The number of thioether (sulfide) groups is 2. The van der Waals surface area contributed by atoms with E-state index >= 15 is 0 Å². The van der Waals surface area contributed by atoms with Crippen molar-refractivity contribution in [3.63, 3.8) is 0 Å². The summed E-state index contributed by atoms with van der Waals surface area (Å²) in [4.78, 5) is 18.8. The molecule has 2 heterocycles. The molecule has 0 amide bonds. The smallest absolute Gasteiger partial charge is 0.251 e. The zero-order valence-corrected chi connectivity index (χ0v) is 11.2. The van der Waals surface area contributed by atoms with Gasteiger partial charge >= 0.3 is 0 Å². The molecule has 0 aliphatic carbocycles. The van der Waals surface area contributed by atoms with Gasteiger partial charge in [0, 0.05) is 28.5 Å². The number of aryl methyl sites for hydroxylation is 1. The summed E-state index contributed by atoms with van der Waals surface area (Å²) in [5.41, 5.74) is 0.776. The van der Waals surface area contributed by atoms with E-state index in [0.29, 0.717) is 10.5 Å². The Kier molecular flexibility index (Phi) is 3.97. The maximum absolute atomic E-state index is 11.4. The molecule has 0 radical (unpaired) electrons. The first-order chi connectivity index (χ1) is 7.70. The molecule has 1 fully saturated rings. The third-order valence-corrected chi connectivity index (χ3v) is 5.87. The van der Waals surface area contributed by atoms with Gasteiger partial charge in [0.05, 0.1) is 5.25 Å². The molecule has 0 bridgehead atoms. The van der Waals surface area contributed by atoms with Crippen molar-refractivity contribution in [1.82, 2.24) is 9.97 Å². The van der Waals surface area contributed by atoms with Crippen LogP contribution in [0.15, 0.2) is 10.9 Å². The molecule has 1 saturated heterocycles. The Bertz CT molecular complexity index is 419. The van der Waals surface area contributed by atoms with Crippen LogP contribution >= 0.6 is 23.5 Å². The van der Waals surface area contributed by atoms with Gasteiger partial charge in [-0.05, 0) is 13.3 Å². The second kappa shape index (κ2) is 5.27. The normalized spacial score (nSPS) is 25.6. The summed E-state index contributed by atoms with van der Waals surface area (Å²) in [6.07, 6.45) is 1.12. The highest BCUT2D eigenvalue weighted by molar-refractivity contribution is 8.06. The van der Waals surface area contributed by atoms with Crippen molar-refractivity contribution >= 4 is 23.5 Å². The van der Waals surface area contributed by atoms with E-state index in [0.717, 1.165) is 23.7 Å². The third kappa shape index (κ3) is 2.63. The number of H-pyrrole nitrogens is 1. The zero-order valence-electron chi connectivity index (χ0n) is 9.53. The van der Waals surface area contributed by atoms with E-state index in [1.165, 1.54) is 5.75 Å². The van der Waals surface area contributed by atoms with Crippen LogP contribution in [0.2, 0.25) is 0 Å². The van der Waals surface area contributed by atoms with Crippen molar-refractivity contribution in [1.29, 1.82) is 0 Å². The number of nitrogens with zero attached hydrogens (tertiary/aromatic N) is 1. The monoisotopic (exact) mass is 256 g/mol. The first-order valence-corrected chi connectivity index (χ1v) is 7.61. The van der Waals surface area contributed by atoms with Gasteiger partial charge in [-0.3, -0.25) is 4.79 Å². The lowest BCUT2D eigenvalue weighted by atomic mass is 10.2. The Labute approximate surface area is 104 Å². The highest BCUT2D eigenvalue weighted by Crippen LogP contribution is 2.42. The summed E-state index contributed by atoms with van der Waals surface area (Å²) in [6, 6.07) is 1.55. The first-order valence-electron chi connectivity index (χ1n) is 5.51. The largest absolute Gasteiger partial charge is 0.310 e. The minimum atomic E-state index is -0.0338. The standard InChI is InChI=1S/C11H16N2OS2/c1-3-8-10(16-5-4-15-8)11-12-7(2)6-9(14)13-11/h6,8,10H,3-5H2,1-2H3,(H,12,13,14). The molecule has 5 heteroatoms. The lowest BCUT2D eigenvalue weighted by molar-refractivity contribution is 0.740. The zero-order chi connectivity index (χ0) is 11.5. The molecule has 2 rings (SSSR count). The van der Waals surface area contributed by atoms with Crippen molar-refractivity contribution in [2.24, 2.45) is 0 Å². The second-order valence-corrected chi connectivity index (χ2v) is 6.48. The average molecular weight is 256 g/mol. The molecule has 0 saturated carbocycles. The van der Waals surface area contributed by atoms with E-state index in [4.69, 9.17) is 0 Å². The lowest BCUT2D eigenvalue weighted by Crippen LogP contribution is -2.23. The molecule has 0 spiro atoms. The van der Waals surface area contributed by atoms with E-state index in [9.17, 15) is 4.79 Å². The van der Waals surface area contributed by atoms with Gasteiger partial charge in [-0.2, -0.15) is 11.8 Å². The summed E-state index contributed by atoms with van der Waals surface area (Å²) in [5.74, 6) is 3.20. The van der Waals surface area contributed by atoms with Crippen LogP contribution in [0.4, 0.5) is 0 Å². The van der Waals surface area contributed by atoms with E-state index in [2.05, 4.69) is 16.9 Å². The molecular formula is C11H16N2OS2. The molecule has 1 aliphatic rings. The third-order valence-electron chi connectivity index (χ3n) is 2.61. The number of hydrogen-bond donors (Lipinski definition) is 1. The van der Waals surface area contributed by atoms with Crippen LogP contribution in [-0.2, 0) is 0 Å². The maximum atomic E-state index is 11.4. The molecular weight excluding hydrogens is 240 g/mol. The highest BCUT2D eigenvalue weighted by atomic mass is 32.2. The Morgan fingerprint density at radius 2 is 2.25 bits per heavy atom. The van der Waals surface area contributed by atoms with Crippen molar-refractivity contribution < 1.29 is 0 Å². The molecule has 2 atom stereocenters. The SMILES string of the molecule is CCC1SCCSC1c1nc(C)cc(=O)[nH]1. The number of nitrogens with one attached hydrogen (secondary N) is 1. The van der Waals surface area contributed by atoms with Gasteiger partial charge in [-0.1, -0.05) is 6.92 Å². The van der Waals surface area contributed by atoms with Crippen LogP contribution in [0.3, 0.4) is 0 Å². The molecule has 0 aromatic carbocycles. The Balaban J connectivity index is 2.30. The number of hydrogen-bond acceptors (Lipinski definition) is 4. The predicted molar refractivity (Wildman–Crippen MR) is 71.3 cm³/mol. The highest BCUT2D eigenvalue weighted by Gasteiger charge is 2.28. The van der Waals surface area contributed by atoms with Crippen LogP contribution in [0.1, 0.15) is 30.1 Å². The fourth-order valence-corrected chi connectivity index (χ4v) is 4.91. The topological polar surface area (TPSA) is 45.8 Å². The van der Waals surface area contributed by atoms with E-state index in [1.54, 1.807) is 6.07 Å². The van der Waals surface area contributed by atoms with Crippen molar-refractivity contribution in [2.75, 3.05) is 11.5 Å². The van der Waals surface area contributed by atoms with Gasteiger partial charge in [0.25, 0.3) is 5.56 Å². The Hall–Kier alpha value is -0.420. The fourth-order valence-electron chi connectivity index (χ4n) is 1.89. The van der Waals surface area contributed by atoms with Gasteiger partial charge < -0.3 is 4.98 Å². The van der Waals surface area contributed by atoms with Crippen LogP contribution < -0.4 is 5.56 Å². The number of aromatic amines is 1. The molecule has 2 unspecified atom stereocenters. The fraction of sp³-hybridized carbons (Fsp3) is 0.636.